The summed E-state index contributed by atoms with van der Waals surface area (Å²) in [6, 6.07) is 6.08. The fourth-order valence-corrected chi connectivity index (χ4v) is 2.15. The first kappa shape index (κ1) is 15.1. The Hall–Kier alpha value is -1.98. The summed E-state index contributed by atoms with van der Waals surface area (Å²) < 4.78 is 0. The van der Waals surface area contributed by atoms with Gasteiger partial charge in [0.25, 0.3) is 0 Å². The number of aliphatic imine (C=N–C) groups is 1. The smallest absolute Gasteiger partial charge is 0.183 e. The van der Waals surface area contributed by atoms with E-state index in [1.54, 1.807) is 0 Å². The molecule has 0 spiro atoms. The van der Waals surface area contributed by atoms with E-state index in [0.29, 0.717) is 5.17 Å². The molecule has 19 heavy (non-hydrogen) atoms. The predicted molar refractivity (Wildman–Crippen MR) is 79.3 cm³/mol. The molecule has 0 heterocycles. The standard InChI is InChI=1S/C14H16N4S/c1-4-10-6-12(18-14(19-3)17-9-16)7-11(5-2)13(10)8-15/h6-7H,4-5H2,1-3H3,(H,17,18). The fraction of sp³-hybridized carbons (Fsp3) is 0.357. The number of aryl methyl sites for hydroxylation is 2. The zero-order valence-electron chi connectivity index (χ0n) is 11.3. The maximum absolute atomic E-state index is 9.22. The number of rotatable bonds is 3. The van der Waals surface area contributed by atoms with E-state index in [4.69, 9.17) is 5.26 Å². The second-order valence-electron chi connectivity index (χ2n) is 3.82. The summed E-state index contributed by atoms with van der Waals surface area (Å²) in [5.74, 6) is 0. The molecule has 0 amide bonds. The number of nitrogens with one attached hydrogen (secondary N) is 1. The van der Waals surface area contributed by atoms with Gasteiger partial charge in [-0.3, -0.25) is 5.32 Å². The summed E-state index contributed by atoms with van der Waals surface area (Å²) in [4.78, 5) is 4.40. The highest BCUT2D eigenvalue weighted by Crippen LogP contribution is 2.24. The Balaban J connectivity index is 3.32. The van der Waals surface area contributed by atoms with E-state index >= 15 is 0 Å². The first-order valence-corrected chi connectivity index (χ1v) is 7.26. The largest absolute Gasteiger partial charge is 0.271 e. The van der Waals surface area contributed by atoms with Crippen LogP contribution in [-0.2, 0) is 12.8 Å². The molecule has 1 N–H and O–H groups in total. The Bertz CT molecular complexity index is 539. The molecule has 0 atom stereocenters. The van der Waals surface area contributed by atoms with Gasteiger partial charge >= 0.3 is 0 Å². The molecule has 0 unspecified atom stereocenters. The number of thioether (sulfide) groups is 1. The normalized spacial score (nSPS) is 10.7. The van der Waals surface area contributed by atoms with Crippen LogP contribution in [0.1, 0.15) is 30.5 Å². The van der Waals surface area contributed by atoms with Crippen molar-refractivity contribution in [1.82, 2.24) is 5.32 Å². The van der Waals surface area contributed by atoms with Crippen molar-refractivity contribution in [2.75, 3.05) is 6.26 Å². The molecule has 0 aromatic heterocycles. The molecule has 0 saturated heterocycles. The highest BCUT2D eigenvalue weighted by molar-refractivity contribution is 8.13. The molecule has 0 aliphatic carbocycles. The van der Waals surface area contributed by atoms with Gasteiger partial charge in [-0.05, 0) is 42.4 Å². The molecule has 1 aromatic rings. The Labute approximate surface area is 118 Å². The van der Waals surface area contributed by atoms with Gasteiger partial charge in [-0.1, -0.05) is 25.6 Å². The van der Waals surface area contributed by atoms with Gasteiger partial charge in [-0.25, -0.2) is 4.99 Å². The van der Waals surface area contributed by atoms with Crippen LogP contribution < -0.4 is 5.32 Å². The first-order chi connectivity index (χ1) is 9.19. The molecular weight excluding hydrogens is 256 g/mol. The Kier molecular flexibility index (Phi) is 5.92. The van der Waals surface area contributed by atoms with Crippen LogP contribution in [0.4, 0.5) is 5.69 Å². The lowest BCUT2D eigenvalue weighted by molar-refractivity contribution is 1.07. The van der Waals surface area contributed by atoms with Crippen LogP contribution in [0.3, 0.4) is 0 Å². The summed E-state index contributed by atoms with van der Waals surface area (Å²) in [6.45, 7) is 4.04. The van der Waals surface area contributed by atoms with Crippen molar-refractivity contribution in [1.29, 1.82) is 10.5 Å². The SMILES string of the molecule is CCc1cc(N=C(NC#N)SC)cc(CC)c1C#N. The number of hydrogen-bond donors (Lipinski definition) is 1. The summed E-state index contributed by atoms with van der Waals surface area (Å²) in [5, 5.41) is 20.9. The molecule has 4 nitrogen and oxygen atoms in total. The highest BCUT2D eigenvalue weighted by atomic mass is 32.2. The monoisotopic (exact) mass is 272 g/mol. The Morgan fingerprint density at radius 1 is 1.26 bits per heavy atom. The van der Waals surface area contributed by atoms with E-state index in [0.717, 1.165) is 35.2 Å². The molecule has 98 valence electrons. The lowest BCUT2D eigenvalue weighted by atomic mass is 9.97. The van der Waals surface area contributed by atoms with Gasteiger partial charge in [0.2, 0.25) is 0 Å². The minimum Gasteiger partial charge on any atom is -0.271 e. The second-order valence-corrected chi connectivity index (χ2v) is 4.61. The minimum atomic E-state index is 0.552. The molecule has 1 rings (SSSR count). The highest BCUT2D eigenvalue weighted by Gasteiger charge is 2.08. The molecular formula is C14H16N4S. The summed E-state index contributed by atoms with van der Waals surface area (Å²) in [5.41, 5.74) is 3.53. The molecule has 5 heteroatoms. The van der Waals surface area contributed by atoms with Crippen LogP contribution >= 0.6 is 11.8 Å². The van der Waals surface area contributed by atoms with Gasteiger partial charge in [-0.2, -0.15) is 10.5 Å². The molecule has 0 fully saturated rings. The van der Waals surface area contributed by atoms with E-state index in [9.17, 15) is 5.26 Å². The average molecular weight is 272 g/mol. The van der Waals surface area contributed by atoms with Gasteiger partial charge in [0.1, 0.15) is 0 Å². The van der Waals surface area contributed by atoms with Gasteiger partial charge < -0.3 is 0 Å². The van der Waals surface area contributed by atoms with Crippen LogP contribution in [0.15, 0.2) is 17.1 Å². The third-order valence-corrected chi connectivity index (χ3v) is 3.33. The van der Waals surface area contributed by atoms with Crippen molar-refractivity contribution in [2.24, 2.45) is 4.99 Å². The van der Waals surface area contributed by atoms with Crippen molar-refractivity contribution in [3.8, 4) is 12.3 Å². The van der Waals surface area contributed by atoms with Gasteiger partial charge in [0.15, 0.2) is 11.4 Å². The lowest BCUT2D eigenvalue weighted by Crippen LogP contribution is -2.12. The zero-order valence-corrected chi connectivity index (χ0v) is 12.1. The predicted octanol–water partition coefficient (Wildman–Crippen LogP) is 3.10. The van der Waals surface area contributed by atoms with Gasteiger partial charge in [0, 0.05) is 0 Å². The summed E-state index contributed by atoms with van der Waals surface area (Å²) in [6.07, 6.45) is 5.30. The van der Waals surface area contributed by atoms with Gasteiger partial charge in [-0.15, -0.1) is 0 Å². The van der Waals surface area contributed by atoms with E-state index in [1.165, 1.54) is 11.8 Å². The third-order valence-electron chi connectivity index (χ3n) is 2.75. The summed E-state index contributed by atoms with van der Waals surface area (Å²) >= 11 is 1.38. The van der Waals surface area contributed by atoms with E-state index < -0.39 is 0 Å². The van der Waals surface area contributed by atoms with Crippen molar-refractivity contribution in [3.05, 3.63) is 28.8 Å². The Morgan fingerprint density at radius 3 is 2.21 bits per heavy atom. The second kappa shape index (κ2) is 7.45. The first-order valence-electron chi connectivity index (χ1n) is 6.03. The summed E-state index contributed by atoms with van der Waals surface area (Å²) in [7, 11) is 0. The zero-order chi connectivity index (χ0) is 14.3. The number of nitriles is 2. The maximum atomic E-state index is 9.22. The van der Waals surface area contributed by atoms with E-state index in [2.05, 4.69) is 16.4 Å². The minimum absolute atomic E-state index is 0.552. The number of benzene rings is 1. The van der Waals surface area contributed by atoms with Gasteiger partial charge in [0.05, 0.1) is 17.3 Å². The molecule has 0 saturated carbocycles. The quantitative estimate of drug-likeness (QED) is 0.397. The van der Waals surface area contributed by atoms with Crippen molar-refractivity contribution in [3.63, 3.8) is 0 Å². The fourth-order valence-electron chi connectivity index (χ4n) is 1.80. The van der Waals surface area contributed by atoms with Crippen LogP contribution in [0.2, 0.25) is 0 Å². The number of nitrogens with zero attached hydrogens (tertiary/aromatic N) is 3. The van der Waals surface area contributed by atoms with Crippen LogP contribution in [0.5, 0.6) is 0 Å². The number of amidine groups is 1. The molecule has 1 aromatic carbocycles. The molecule has 0 aliphatic rings. The average Bonchev–Trinajstić information content (AvgIpc) is 2.45. The topological polar surface area (TPSA) is 72.0 Å². The number of hydrogen-bond acceptors (Lipinski definition) is 4. The van der Waals surface area contributed by atoms with Crippen molar-refractivity contribution >= 4 is 22.6 Å². The van der Waals surface area contributed by atoms with E-state index in [1.807, 2.05) is 38.4 Å². The third kappa shape index (κ3) is 3.74. The van der Waals surface area contributed by atoms with Crippen molar-refractivity contribution < 1.29 is 0 Å². The van der Waals surface area contributed by atoms with Crippen LogP contribution in [-0.4, -0.2) is 11.4 Å². The van der Waals surface area contributed by atoms with E-state index in [-0.39, 0.29) is 0 Å². The van der Waals surface area contributed by atoms with Crippen LogP contribution in [0, 0.1) is 22.8 Å². The van der Waals surface area contributed by atoms with Crippen molar-refractivity contribution in [2.45, 2.75) is 26.7 Å². The van der Waals surface area contributed by atoms with Crippen LogP contribution in [0.25, 0.3) is 0 Å². The molecule has 0 radical (unpaired) electrons. The molecule has 0 aliphatic heterocycles. The molecule has 0 bridgehead atoms. The lowest BCUT2D eigenvalue weighted by Gasteiger charge is -2.09. The Morgan fingerprint density at radius 2 is 1.84 bits per heavy atom. The maximum Gasteiger partial charge on any atom is 0.183 e.